The molecule has 1 aromatic carbocycles. The number of hydrogen-bond acceptors (Lipinski definition) is 4. The summed E-state index contributed by atoms with van der Waals surface area (Å²) in [5, 5.41) is 6.06. The lowest BCUT2D eigenvalue weighted by molar-refractivity contribution is -0.116. The van der Waals surface area contributed by atoms with E-state index in [-0.39, 0.29) is 11.9 Å². The number of thiazole rings is 1. The van der Waals surface area contributed by atoms with Crippen LogP contribution >= 0.6 is 11.3 Å². The number of rotatable bonds is 4. The maximum absolute atomic E-state index is 12.1. The van der Waals surface area contributed by atoms with Gasteiger partial charge in [0.1, 0.15) is 5.84 Å². The molecule has 1 atom stereocenters. The van der Waals surface area contributed by atoms with Crippen molar-refractivity contribution in [3.05, 3.63) is 64.5 Å². The number of aliphatic imine (C=N–C) groups is 1. The Hall–Kier alpha value is -2.53. The number of nitrogens with zero attached hydrogens (tertiary/aromatic N) is 2. The Balaban J connectivity index is 1.44. The molecule has 120 valence electrons. The van der Waals surface area contributed by atoms with Crippen LogP contribution in [0.2, 0.25) is 0 Å². The van der Waals surface area contributed by atoms with Gasteiger partial charge in [0.2, 0.25) is 0 Å². The normalized spacial score (nSPS) is 19.3. The monoisotopic (exact) mass is 335 g/mol. The van der Waals surface area contributed by atoms with E-state index in [4.69, 9.17) is 4.98 Å². The number of carbonyl (C=O) groups excluding carboxylic acids is 1. The predicted octanol–water partition coefficient (Wildman–Crippen LogP) is 3.53. The van der Waals surface area contributed by atoms with E-state index in [1.165, 1.54) is 0 Å². The lowest BCUT2D eigenvalue weighted by atomic mass is 9.97. The highest BCUT2D eigenvalue weighted by molar-refractivity contribution is 7.09. The molecule has 0 saturated heterocycles. The number of amides is 1. The Labute approximate surface area is 144 Å². The van der Waals surface area contributed by atoms with Crippen LogP contribution in [0.4, 0.5) is 0 Å². The van der Waals surface area contributed by atoms with Crippen LogP contribution in [0.25, 0.3) is 11.3 Å². The van der Waals surface area contributed by atoms with E-state index in [1.807, 2.05) is 30.4 Å². The average molecular weight is 335 g/mol. The number of carbonyl (C=O) groups is 1. The minimum absolute atomic E-state index is 0.0153. The first-order valence-electron chi connectivity index (χ1n) is 8.04. The second-order valence-corrected chi connectivity index (χ2v) is 6.77. The van der Waals surface area contributed by atoms with Crippen molar-refractivity contribution < 1.29 is 4.79 Å². The SMILES string of the molecule is O=C1NC(CCc2nc(-c3ccccc3)cs2)=NC2CC=CC=C12. The van der Waals surface area contributed by atoms with Gasteiger partial charge < -0.3 is 5.32 Å². The van der Waals surface area contributed by atoms with E-state index >= 15 is 0 Å². The fourth-order valence-electron chi connectivity index (χ4n) is 2.91. The zero-order valence-corrected chi connectivity index (χ0v) is 13.9. The van der Waals surface area contributed by atoms with Gasteiger partial charge in [0.05, 0.1) is 16.7 Å². The van der Waals surface area contributed by atoms with Gasteiger partial charge in [-0.2, -0.15) is 0 Å². The second-order valence-electron chi connectivity index (χ2n) is 5.82. The number of aryl methyl sites for hydroxylation is 1. The molecule has 1 amide bonds. The number of nitrogens with one attached hydrogen (secondary N) is 1. The average Bonchev–Trinajstić information content (AvgIpc) is 3.10. The summed E-state index contributed by atoms with van der Waals surface area (Å²) in [6, 6.07) is 10.2. The first kappa shape index (κ1) is 15.0. The summed E-state index contributed by atoms with van der Waals surface area (Å²) in [5.41, 5.74) is 2.90. The topological polar surface area (TPSA) is 54.4 Å². The summed E-state index contributed by atoms with van der Waals surface area (Å²) in [4.78, 5) is 21.5. The highest BCUT2D eigenvalue weighted by Crippen LogP contribution is 2.24. The molecule has 1 N–H and O–H groups in total. The third-order valence-electron chi connectivity index (χ3n) is 4.16. The predicted molar refractivity (Wildman–Crippen MR) is 97.1 cm³/mol. The third-order valence-corrected chi connectivity index (χ3v) is 5.07. The molecule has 24 heavy (non-hydrogen) atoms. The van der Waals surface area contributed by atoms with Gasteiger partial charge in [-0.25, -0.2) is 4.98 Å². The molecule has 0 spiro atoms. The van der Waals surface area contributed by atoms with E-state index in [2.05, 4.69) is 33.9 Å². The fourth-order valence-corrected chi connectivity index (χ4v) is 3.72. The van der Waals surface area contributed by atoms with Crippen molar-refractivity contribution in [1.82, 2.24) is 10.3 Å². The van der Waals surface area contributed by atoms with Crippen LogP contribution < -0.4 is 5.32 Å². The Morgan fingerprint density at radius 2 is 2.08 bits per heavy atom. The van der Waals surface area contributed by atoms with Gasteiger partial charge in [-0.05, 0) is 6.42 Å². The van der Waals surface area contributed by atoms with Gasteiger partial charge in [0.25, 0.3) is 5.91 Å². The van der Waals surface area contributed by atoms with E-state index in [9.17, 15) is 4.79 Å². The van der Waals surface area contributed by atoms with E-state index in [1.54, 1.807) is 11.3 Å². The second kappa shape index (κ2) is 6.53. The number of aromatic nitrogens is 1. The fraction of sp³-hybridized carbons (Fsp3) is 0.211. The largest absolute Gasteiger partial charge is 0.311 e. The molecule has 2 aromatic rings. The molecule has 2 heterocycles. The molecule has 1 unspecified atom stereocenters. The summed E-state index contributed by atoms with van der Waals surface area (Å²) in [7, 11) is 0. The zero-order chi connectivity index (χ0) is 16.4. The summed E-state index contributed by atoms with van der Waals surface area (Å²) in [6.07, 6.45) is 8.14. The van der Waals surface area contributed by atoms with Crippen molar-refractivity contribution in [3.63, 3.8) is 0 Å². The van der Waals surface area contributed by atoms with Gasteiger partial charge in [-0.3, -0.25) is 9.79 Å². The molecular formula is C19H17N3OS. The summed E-state index contributed by atoms with van der Waals surface area (Å²) >= 11 is 1.66. The van der Waals surface area contributed by atoms with Crippen LogP contribution in [-0.2, 0) is 11.2 Å². The lowest BCUT2D eigenvalue weighted by Gasteiger charge is -2.24. The Morgan fingerprint density at radius 1 is 1.21 bits per heavy atom. The third kappa shape index (κ3) is 3.08. The maximum atomic E-state index is 12.1. The van der Waals surface area contributed by atoms with Crippen LogP contribution in [0.3, 0.4) is 0 Å². The van der Waals surface area contributed by atoms with Crippen molar-refractivity contribution >= 4 is 23.1 Å². The zero-order valence-electron chi connectivity index (χ0n) is 13.1. The highest BCUT2D eigenvalue weighted by atomic mass is 32.1. The first-order valence-corrected chi connectivity index (χ1v) is 8.92. The van der Waals surface area contributed by atoms with Gasteiger partial charge in [0.15, 0.2) is 0 Å². The maximum Gasteiger partial charge on any atom is 0.254 e. The molecule has 0 bridgehead atoms. The molecule has 4 nitrogen and oxygen atoms in total. The van der Waals surface area contributed by atoms with Crippen molar-refractivity contribution in [1.29, 1.82) is 0 Å². The Kier molecular flexibility index (Phi) is 4.09. The summed E-state index contributed by atoms with van der Waals surface area (Å²) in [6.45, 7) is 0. The number of benzene rings is 1. The van der Waals surface area contributed by atoms with Gasteiger partial charge in [-0.15, -0.1) is 11.3 Å². The minimum atomic E-state index is -0.0186. The van der Waals surface area contributed by atoms with E-state index in [0.29, 0.717) is 6.42 Å². The quantitative estimate of drug-likeness (QED) is 0.929. The van der Waals surface area contributed by atoms with Crippen molar-refractivity contribution in [3.8, 4) is 11.3 Å². The standard InChI is InChI=1S/C19H17N3OS/c23-19-14-8-4-5-9-15(14)20-17(22-19)10-11-18-21-16(12-24-18)13-6-2-1-3-7-13/h1-8,12,15H,9-11H2,(H,20,22,23). The van der Waals surface area contributed by atoms with Gasteiger partial charge >= 0.3 is 0 Å². The van der Waals surface area contributed by atoms with Gasteiger partial charge in [0, 0.05) is 29.4 Å². The number of amidine groups is 1. The van der Waals surface area contributed by atoms with Crippen molar-refractivity contribution in [2.45, 2.75) is 25.3 Å². The molecule has 1 aliphatic carbocycles. The van der Waals surface area contributed by atoms with E-state index in [0.717, 1.165) is 40.5 Å². The minimum Gasteiger partial charge on any atom is -0.311 e. The molecule has 5 heteroatoms. The molecule has 1 aromatic heterocycles. The van der Waals surface area contributed by atoms with Crippen LogP contribution in [-0.4, -0.2) is 22.8 Å². The number of hydrogen-bond donors (Lipinski definition) is 1. The Morgan fingerprint density at radius 3 is 2.96 bits per heavy atom. The van der Waals surface area contributed by atoms with Crippen LogP contribution in [0.5, 0.6) is 0 Å². The van der Waals surface area contributed by atoms with Crippen molar-refractivity contribution in [2.75, 3.05) is 0 Å². The Bertz CT molecular complexity index is 849. The molecule has 2 aliphatic rings. The number of fused-ring (bicyclic) bond motifs is 1. The number of allylic oxidation sites excluding steroid dienone is 2. The van der Waals surface area contributed by atoms with Gasteiger partial charge in [-0.1, -0.05) is 48.6 Å². The van der Waals surface area contributed by atoms with Crippen molar-refractivity contribution in [2.24, 2.45) is 4.99 Å². The molecule has 1 aliphatic heterocycles. The molecule has 0 fully saturated rings. The van der Waals surface area contributed by atoms with Crippen LogP contribution in [0, 0.1) is 0 Å². The van der Waals surface area contributed by atoms with E-state index < -0.39 is 0 Å². The van der Waals surface area contributed by atoms with Crippen LogP contribution in [0.15, 0.2) is 64.5 Å². The van der Waals surface area contributed by atoms with Crippen LogP contribution in [0.1, 0.15) is 17.8 Å². The highest BCUT2D eigenvalue weighted by Gasteiger charge is 2.26. The molecular weight excluding hydrogens is 318 g/mol. The molecule has 0 saturated carbocycles. The molecule has 0 radical (unpaired) electrons. The summed E-state index contributed by atoms with van der Waals surface area (Å²) in [5.74, 6) is 0.757. The smallest absolute Gasteiger partial charge is 0.254 e. The molecule has 4 rings (SSSR count). The summed E-state index contributed by atoms with van der Waals surface area (Å²) < 4.78 is 0. The lowest BCUT2D eigenvalue weighted by Crippen LogP contribution is -2.41. The first-order chi connectivity index (χ1) is 11.8.